The molecule has 1 N–H and O–H groups in total. The highest BCUT2D eigenvalue weighted by Crippen LogP contribution is 2.26. The molecule has 0 saturated carbocycles. The smallest absolute Gasteiger partial charge is 0.303 e. The lowest BCUT2D eigenvalue weighted by Crippen LogP contribution is -2.36. The summed E-state index contributed by atoms with van der Waals surface area (Å²) in [6.45, 7) is 1.27. The van der Waals surface area contributed by atoms with Crippen molar-refractivity contribution in [1.82, 2.24) is 9.88 Å². The predicted molar refractivity (Wildman–Crippen MR) is 87.3 cm³/mol. The molecule has 2 heterocycles. The average Bonchev–Trinajstić information content (AvgIpc) is 2.96. The van der Waals surface area contributed by atoms with Gasteiger partial charge in [-0.15, -0.1) is 11.3 Å². The summed E-state index contributed by atoms with van der Waals surface area (Å²) >= 11 is 1.54. The number of carboxylic acids is 1. The Morgan fingerprint density at radius 3 is 2.78 bits per heavy atom. The average molecular weight is 330 g/mol. The third kappa shape index (κ3) is 3.96. The van der Waals surface area contributed by atoms with Crippen LogP contribution < -0.4 is 0 Å². The van der Waals surface area contributed by atoms with E-state index >= 15 is 0 Å². The number of amides is 1. The van der Waals surface area contributed by atoms with E-state index in [4.69, 9.17) is 5.11 Å². The molecule has 0 fully saturated rings. The van der Waals surface area contributed by atoms with E-state index in [1.54, 1.807) is 0 Å². The molecular weight excluding hydrogens is 312 g/mol. The maximum absolute atomic E-state index is 12.4. The number of nitrogens with zero attached hydrogens (tertiary/aromatic N) is 2. The van der Waals surface area contributed by atoms with Crippen molar-refractivity contribution in [2.75, 3.05) is 6.54 Å². The van der Waals surface area contributed by atoms with E-state index in [0.29, 0.717) is 25.9 Å². The topological polar surface area (TPSA) is 70.5 Å². The second-order valence-electron chi connectivity index (χ2n) is 5.60. The van der Waals surface area contributed by atoms with Crippen molar-refractivity contribution >= 4 is 23.2 Å². The van der Waals surface area contributed by atoms with Crippen LogP contribution in [-0.4, -0.2) is 33.4 Å². The van der Waals surface area contributed by atoms with Crippen molar-refractivity contribution in [3.63, 3.8) is 0 Å². The normalized spacial score (nSPS) is 13.7. The van der Waals surface area contributed by atoms with Gasteiger partial charge in [0.15, 0.2) is 0 Å². The van der Waals surface area contributed by atoms with Crippen molar-refractivity contribution in [2.45, 2.75) is 32.2 Å². The first-order valence-electron chi connectivity index (χ1n) is 7.63. The Balaban J connectivity index is 1.63. The van der Waals surface area contributed by atoms with E-state index in [0.717, 1.165) is 27.6 Å². The summed E-state index contributed by atoms with van der Waals surface area (Å²) in [5.74, 6) is -0.680. The number of hydrogen-bond acceptors (Lipinski definition) is 4. The van der Waals surface area contributed by atoms with Gasteiger partial charge < -0.3 is 10.0 Å². The highest BCUT2D eigenvalue weighted by Gasteiger charge is 2.24. The van der Waals surface area contributed by atoms with Crippen LogP contribution in [0.5, 0.6) is 0 Å². The van der Waals surface area contributed by atoms with Gasteiger partial charge in [-0.1, -0.05) is 30.3 Å². The molecule has 2 aromatic rings. The molecule has 0 atom stereocenters. The Bertz CT molecular complexity index is 712. The second kappa shape index (κ2) is 6.91. The molecule has 120 valence electrons. The number of aryl methyl sites for hydroxylation is 1. The van der Waals surface area contributed by atoms with Crippen LogP contribution in [0, 0.1) is 0 Å². The summed E-state index contributed by atoms with van der Waals surface area (Å²) in [4.78, 5) is 30.6. The predicted octanol–water partition coefficient (Wildman–Crippen LogP) is 2.29. The maximum atomic E-state index is 12.4. The fraction of sp³-hybridized carbons (Fsp3) is 0.353. The Morgan fingerprint density at radius 2 is 2.04 bits per heavy atom. The molecule has 23 heavy (non-hydrogen) atoms. The molecular formula is C17H18N2O3S. The minimum Gasteiger partial charge on any atom is -0.481 e. The zero-order valence-corrected chi connectivity index (χ0v) is 13.5. The van der Waals surface area contributed by atoms with E-state index in [2.05, 4.69) is 4.98 Å². The number of aliphatic carboxylic acids is 1. The lowest BCUT2D eigenvalue weighted by atomic mass is 10.1. The second-order valence-corrected chi connectivity index (χ2v) is 6.77. The van der Waals surface area contributed by atoms with Crippen LogP contribution in [0.3, 0.4) is 0 Å². The maximum Gasteiger partial charge on any atom is 0.303 e. The van der Waals surface area contributed by atoms with Gasteiger partial charge in [0, 0.05) is 24.3 Å². The number of fused-ring (bicyclic) bond motifs is 1. The molecule has 1 aromatic heterocycles. The Labute approximate surface area is 138 Å². The fourth-order valence-electron chi connectivity index (χ4n) is 2.66. The van der Waals surface area contributed by atoms with Gasteiger partial charge in [-0.25, -0.2) is 4.98 Å². The molecule has 1 amide bonds. The first kappa shape index (κ1) is 15.7. The summed E-state index contributed by atoms with van der Waals surface area (Å²) in [5.41, 5.74) is 2.05. The SMILES string of the molecule is O=C(O)CCc1nc2c(s1)CN(C(=O)Cc1ccccc1)CC2. The summed E-state index contributed by atoms with van der Waals surface area (Å²) in [7, 11) is 0. The molecule has 0 radical (unpaired) electrons. The van der Waals surface area contributed by atoms with E-state index in [1.165, 1.54) is 11.3 Å². The minimum absolute atomic E-state index is 0.100. The van der Waals surface area contributed by atoms with E-state index in [1.807, 2.05) is 35.2 Å². The van der Waals surface area contributed by atoms with E-state index in [9.17, 15) is 9.59 Å². The summed E-state index contributed by atoms with van der Waals surface area (Å²) in [5, 5.41) is 9.61. The van der Waals surface area contributed by atoms with Gasteiger partial charge in [0.05, 0.1) is 30.1 Å². The molecule has 1 aromatic carbocycles. The third-order valence-corrected chi connectivity index (χ3v) is 5.02. The third-order valence-electron chi connectivity index (χ3n) is 3.88. The standard InChI is InChI=1S/C17H18N2O3S/c20-16(10-12-4-2-1-3-5-12)19-9-8-13-14(11-19)23-15(18-13)6-7-17(21)22/h1-5H,6-11H2,(H,21,22). The minimum atomic E-state index is -0.808. The monoisotopic (exact) mass is 330 g/mol. The van der Waals surface area contributed by atoms with E-state index < -0.39 is 5.97 Å². The van der Waals surface area contributed by atoms with Gasteiger partial charge in [0.2, 0.25) is 5.91 Å². The van der Waals surface area contributed by atoms with Gasteiger partial charge in [-0.05, 0) is 5.56 Å². The van der Waals surface area contributed by atoms with E-state index in [-0.39, 0.29) is 12.3 Å². The number of carboxylic acid groups (broad SMARTS) is 1. The van der Waals surface area contributed by atoms with Crippen molar-refractivity contribution in [3.05, 3.63) is 51.5 Å². The molecule has 0 bridgehead atoms. The number of benzene rings is 1. The van der Waals surface area contributed by atoms with Crippen LogP contribution >= 0.6 is 11.3 Å². The molecule has 3 rings (SSSR count). The summed E-state index contributed by atoms with van der Waals surface area (Å²) < 4.78 is 0. The Hall–Kier alpha value is -2.21. The lowest BCUT2D eigenvalue weighted by molar-refractivity contribution is -0.137. The van der Waals surface area contributed by atoms with Gasteiger partial charge in [0.25, 0.3) is 0 Å². The molecule has 0 aliphatic carbocycles. The quantitative estimate of drug-likeness (QED) is 0.913. The number of carbonyl (C=O) groups is 2. The molecule has 5 nitrogen and oxygen atoms in total. The molecule has 6 heteroatoms. The molecule has 0 spiro atoms. The van der Waals surface area contributed by atoms with Crippen LogP contribution in [0.2, 0.25) is 0 Å². The number of hydrogen-bond donors (Lipinski definition) is 1. The highest BCUT2D eigenvalue weighted by molar-refractivity contribution is 7.11. The van der Waals surface area contributed by atoms with Gasteiger partial charge in [-0.3, -0.25) is 9.59 Å². The van der Waals surface area contributed by atoms with Crippen LogP contribution in [0.4, 0.5) is 0 Å². The zero-order valence-electron chi connectivity index (χ0n) is 12.7. The summed E-state index contributed by atoms with van der Waals surface area (Å²) in [6.07, 6.45) is 1.73. The molecule has 0 unspecified atom stereocenters. The van der Waals surface area contributed by atoms with Crippen LogP contribution in [-0.2, 0) is 35.4 Å². The van der Waals surface area contributed by atoms with Crippen molar-refractivity contribution in [2.24, 2.45) is 0 Å². The first-order chi connectivity index (χ1) is 11.1. The number of aromatic nitrogens is 1. The Kier molecular flexibility index (Phi) is 4.71. The zero-order chi connectivity index (χ0) is 16.2. The van der Waals surface area contributed by atoms with Gasteiger partial charge in [-0.2, -0.15) is 0 Å². The number of thiazole rings is 1. The fourth-order valence-corrected chi connectivity index (χ4v) is 3.80. The number of rotatable bonds is 5. The Morgan fingerprint density at radius 1 is 1.26 bits per heavy atom. The first-order valence-corrected chi connectivity index (χ1v) is 8.44. The van der Waals surface area contributed by atoms with Gasteiger partial charge in [0.1, 0.15) is 0 Å². The van der Waals surface area contributed by atoms with Crippen LogP contribution in [0.1, 0.15) is 27.6 Å². The van der Waals surface area contributed by atoms with Crippen molar-refractivity contribution in [1.29, 1.82) is 0 Å². The lowest BCUT2D eigenvalue weighted by Gasteiger charge is -2.26. The van der Waals surface area contributed by atoms with Gasteiger partial charge >= 0.3 is 5.97 Å². The summed E-state index contributed by atoms with van der Waals surface area (Å²) in [6, 6.07) is 9.74. The van der Waals surface area contributed by atoms with Crippen molar-refractivity contribution in [3.8, 4) is 0 Å². The molecule has 1 aliphatic heterocycles. The number of carbonyl (C=O) groups excluding carboxylic acids is 1. The molecule has 1 aliphatic rings. The molecule has 0 saturated heterocycles. The van der Waals surface area contributed by atoms with Crippen LogP contribution in [0.25, 0.3) is 0 Å². The van der Waals surface area contributed by atoms with Crippen LogP contribution in [0.15, 0.2) is 30.3 Å². The van der Waals surface area contributed by atoms with Crippen molar-refractivity contribution < 1.29 is 14.7 Å². The largest absolute Gasteiger partial charge is 0.481 e. The highest BCUT2D eigenvalue weighted by atomic mass is 32.1.